The van der Waals surface area contributed by atoms with E-state index in [0.29, 0.717) is 19.3 Å². The first-order valence-electron chi connectivity index (χ1n) is 11.1. The van der Waals surface area contributed by atoms with Crippen LogP contribution >= 0.6 is 0 Å². The Balaban J connectivity index is 1.39. The van der Waals surface area contributed by atoms with Gasteiger partial charge in [0.25, 0.3) is 0 Å². The average molecular weight is 377 g/mol. The molecule has 3 fully saturated rings. The minimum atomic E-state index is 0.273. The first-order chi connectivity index (χ1) is 13.3. The van der Waals surface area contributed by atoms with Gasteiger partial charge in [-0.15, -0.1) is 0 Å². The summed E-state index contributed by atoms with van der Waals surface area (Å²) in [5, 5.41) is 4.98. The van der Waals surface area contributed by atoms with Crippen molar-refractivity contribution in [3.63, 3.8) is 0 Å². The molecule has 0 N–H and O–H groups in total. The number of rotatable bonds is 7. The number of hydrogen-bond acceptors (Lipinski definition) is 5. The average Bonchev–Trinajstić information content (AvgIpc) is 3.35. The number of hydrogen-bond donors (Lipinski definition) is 0. The van der Waals surface area contributed by atoms with E-state index in [2.05, 4.69) is 16.6 Å². The molecule has 0 spiro atoms. The molecule has 3 heterocycles. The van der Waals surface area contributed by atoms with E-state index in [4.69, 9.17) is 19.6 Å². The van der Waals surface area contributed by atoms with Gasteiger partial charge in [-0.25, -0.2) is 9.67 Å². The van der Waals surface area contributed by atoms with Crippen LogP contribution in [0.4, 0.5) is 0 Å². The van der Waals surface area contributed by atoms with Crippen molar-refractivity contribution in [2.45, 2.75) is 83.0 Å². The highest BCUT2D eigenvalue weighted by molar-refractivity contribution is 4.97. The monoisotopic (exact) mass is 376 g/mol. The van der Waals surface area contributed by atoms with E-state index >= 15 is 0 Å². The Hall–Kier alpha value is -0.980. The van der Waals surface area contributed by atoms with Crippen LogP contribution < -0.4 is 0 Å². The zero-order valence-corrected chi connectivity index (χ0v) is 16.9. The zero-order chi connectivity index (χ0) is 18.5. The highest BCUT2D eigenvalue weighted by atomic mass is 16.5. The molecule has 27 heavy (non-hydrogen) atoms. The maximum atomic E-state index is 6.00. The second kappa shape index (κ2) is 9.48. The van der Waals surface area contributed by atoms with Gasteiger partial charge in [0.15, 0.2) is 11.6 Å². The minimum Gasteiger partial charge on any atom is -0.376 e. The second-order valence-corrected chi connectivity index (χ2v) is 8.78. The summed E-state index contributed by atoms with van der Waals surface area (Å²) < 4.78 is 13.9. The molecule has 1 aliphatic carbocycles. The van der Waals surface area contributed by atoms with E-state index in [9.17, 15) is 0 Å². The van der Waals surface area contributed by atoms with Gasteiger partial charge < -0.3 is 14.4 Å². The molecule has 152 valence electrons. The van der Waals surface area contributed by atoms with Gasteiger partial charge in [-0.3, -0.25) is 0 Å². The lowest BCUT2D eigenvalue weighted by molar-refractivity contribution is 0.00703. The molecule has 2 aliphatic heterocycles. The zero-order valence-electron chi connectivity index (χ0n) is 16.9. The molecule has 6 nitrogen and oxygen atoms in total. The van der Waals surface area contributed by atoms with Gasteiger partial charge in [0.05, 0.1) is 18.8 Å². The van der Waals surface area contributed by atoms with E-state index in [1.165, 1.54) is 58.0 Å². The Morgan fingerprint density at radius 1 is 1.04 bits per heavy atom. The standard InChI is InChI=1S/C21H36N4O2/c1-24-11-9-17(10-12-24)14-20-22-21(16-26-15-19-8-5-13-27-19)25(23-20)18-6-3-2-4-7-18/h17-19H,2-16H2,1H3. The number of aromatic nitrogens is 3. The maximum Gasteiger partial charge on any atom is 0.153 e. The van der Waals surface area contributed by atoms with Crippen LogP contribution in [0, 0.1) is 5.92 Å². The van der Waals surface area contributed by atoms with Crippen molar-refractivity contribution in [3.05, 3.63) is 11.6 Å². The van der Waals surface area contributed by atoms with Gasteiger partial charge >= 0.3 is 0 Å². The van der Waals surface area contributed by atoms with Gasteiger partial charge in [-0.05, 0) is 64.6 Å². The molecule has 0 amide bonds. The topological polar surface area (TPSA) is 52.4 Å². The van der Waals surface area contributed by atoms with Crippen LogP contribution in [0.25, 0.3) is 0 Å². The fourth-order valence-corrected chi connectivity index (χ4v) is 4.79. The first-order valence-corrected chi connectivity index (χ1v) is 11.1. The summed E-state index contributed by atoms with van der Waals surface area (Å²) in [5.41, 5.74) is 0. The van der Waals surface area contributed by atoms with Crippen molar-refractivity contribution in [3.8, 4) is 0 Å². The number of ether oxygens (including phenoxy) is 2. The van der Waals surface area contributed by atoms with Crippen LogP contribution in [-0.4, -0.2) is 59.1 Å². The number of piperidine rings is 1. The molecule has 6 heteroatoms. The normalized spacial score (nSPS) is 26.0. The molecule has 1 aromatic rings. The maximum absolute atomic E-state index is 6.00. The van der Waals surface area contributed by atoms with E-state index in [0.717, 1.165) is 43.4 Å². The number of nitrogens with zero attached hydrogens (tertiary/aromatic N) is 4. The quantitative estimate of drug-likeness (QED) is 0.730. The van der Waals surface area contributed by atoms with Crippen molar-refractivity contribution in [2.75, 3.05) is 33.4 Å². The molecule has 0 radical (unpaired) electrons. The Labute approximate surface area is 163 Å². The lowest BCUT2D eigenvalue weighted by Crippen LogP contribution is -2.31. The largest absolute Gasteiger partial charge is 0.376 e. The lowest BCUT2D eigenvalue weighted by Gasteiger charge is -2.28. The fourth-order valence-electron chi connectivity index (χ4n) is 4.79. The molecule has 4 rings (SSSR count). The Kier molecular flexibility index (Phi) is 6.79. The van der Waals surface area contributed by atoms with E-state index in [-0.39, 0.29) is 6.10 Å². The third-order valence-electron chi connectivity index (χ3n) is 6.53. The van der Waals surface area contributed by atoms with Crippen LogP contribution in [0.15, 0.2) is 0 Å². The van der Waals surface area contributed by atoms with E-state index < -0.39 is 0 Å². The van der Waals surface area contributed by atoms with Crippen molar-refractivity contribution >= 4 is 0 Å². The molecule has 0 bridgehead atoms. The molecule has 1 aromatic heterocycles. The minimum absolute atomic E-state index is 0.273. The van der Waals surface area contributed by atoms with Crippen molar-refractivity contribution in [1.82, 2.24) is 19.7 Å². The predicted octanol–water partition coefficient (Wildman–Crippen LogP) is 3.36. The van der Waals surface area contributed by atoms with Gasteiger partial charge in [-0.1, -0.05) is 19.3 Å². The van der Waals surface area contributed by atoms with Crippen LogP contribution in [0.3, 0.4) is 0 Å². The van der Waals surface area contributed by atoms with Crippen LogP contribution in [-0.2, 0) is 22.5 Å². The third-order valence-corrected chi connectivity index (χ3v) is 6.53. The van der Waals surface area contributed by atoms with E-state index in [1.54, 1.807) is 0 Å². The van der Waals surface area contributed by atoms with Crippen molar-refractivity contribution < 1.29 is 9.47 Å². The molecule has 2 saturated heterocycles. The summed E-state index contributed by atoms with van der Waals surface area (Å²) in [5.74, 6) is 2.79. The van der Waals surface area contributed by atoms with Gasteiger partial charge in [0, 0.05) is 13.0 Å². The van der Waals surface area contributed by atoms with Gasteiger partial charge in [-0.2, -0.15) is 5.10 Å². The summed E-state index contributed by atoms with van der Waals surface area (Å²) in [6, 6.07) is 0.513. The summed E-state index contributed by atoms with van der Waals surface area (Å²) in [6.45, 7) is 4.53. The van der Waals surface area contributed by atoms with Crippen molar-refractivity contribution in [1.29, 1.82) is 0 Å². The predicted molar refractivity (Wildman–Crippen MR) is 105 cm³/mol. The van der Waals surface area contributed by atoms with Crippen molar-refractivity contribution in [2.24, 2.45) is 5.92 Å². The lowest BCUT2D eigenvalue weighted by atomic mass is 9.94. The molecule has 1 saturated carbocycles. The van der Waals surface area contributed by atoms with Gasteiger partial charge in [0.2, 0.25) is 0 Å². The Bertz CT molecular complexity index is 571. The molecule has 0 aromatic carbocycles. The molecular weight excluding hydrogens is 340 g/mol. The fraction of sp³-hybridized carbons (Fsp3) is 0.905. The molecule has 1 atom stereocenters. The molecule has 3 aliphatic rings. The Morgan fingerprint density at radius 2 is 1.85 bits per heavy atom. The van der Waals surface area contributed by atoms with Crippen LogP contribution in [0.2, 0.25) is 0 Å². The summed E-state index contributed by atoms with van der Waals surface area (Å²) in [7, 11) is 2.22. The number of likely N-dealkylation sites (tertiary alicyclic amines) is 1. The summed E-state index contributed by atoms with van der Waals surface area (Å²) >= 11 is 0. The van der Waals surface area contributed by atoms with Crippen LogP contribution in [0.1, 0.15) is 75.5 Å². The van der Waals surface area contributed by atoms with Gasteiger partial charge in [0.1, 0.15) is 6.61 Å². The SMILES string of the molecule is CN1CCC(Cc2nc(COCC3CCCO3)n(C3CCCCC3)n2)CC1. The smallest absolute Gasteiger partial charge is 0.153 e. The summed E-state index contributed by atoms with van der Waals surface area (Å²) in [6.07, 6.45) is 12.5. The van der Waals surface area contributed by atoms with E-state index in [1.807, 2.05) is 0 Å². The molecular formula is C21H36N4O2. The second-order valence-electron chi connectivity index (χ2n) is 8.78. The summed E-state index contributed by atoms with van der Waals surface area (Å²) in [4.78, 5) is 7.36. The molecule has 1 unspecified atom stereocenters. The third kappa shape index (κ3) is 5.30. The highest BCUT2D eigenvalue weighted by Crippen LogP contribution is 2.29. The first kappa shape index (κ1) is 19.3. The highest BCUT2D eigenvalue weighted by Gasteiger charge is 2.24. The Morgan fingerprint density at radius 3 is 2.59 bits per heavy atom. The van der Waals surface area contributed by atoms with Crippen LogP contribution in [0.5, 0.6) is 0 Å².